The lowest BCUT2D eigenvalue weighted by Crippen LogP contribution is -2.48. The Morgan fingerprint density at radius 3 is 2.81 bits per heavy atom. The Balaban J connectivity index is 2.29. The maximum atomic E-state index is 12.4. The Kier molecular flexibility index (Phi) is 5.66. The molecule has 1 amide bonds. The molecule has 0 spiro atoms. The third kappa shape index (κ3) is 3.59. The number of nitrogens with two attached hydrogens (primary N) is 1. The fourth-order valence-electron chi connectivity index (χ4n) is 3.02. The van der Waals surface area contributed by atoms with E-state index in [-0.39, 0.29) is 24.0 Å². The van der Waals surface area contributed by atoms with Crippen molar-refractivity contribution in [3.05, 3.63) is 21.3 Å². The highest BCUT2D eigenvalue weighted by molar-refractivity contribution is 7.16. The molecule has 0 radical (unpaired) electrons. The van der Waals surface area contributed by atoms with Gasteiger partial charge in [-0.05, 0) is 37.9 Å². The molecule has 1 aromatic rings. The van der Waals surface area contributed by atoms with Crippen LogP contribution >= 0.6 is 22.9 Å². The van der Waals surface area contributed by atoms with Gasteiger partial charge in [0, 0.05) is 25.0 Å². The van der Waals surface area contributed by atoms with E-state index in [1.54, 1.807) is 16.2 Å². The molecule has 2 rings (SSSR count). The molecule has 6 heteroatoms. The second-order valence-electron chi connectivity index (χ2n) is 5.79. The summed E-state index contributed by atoms with van der Waals surface area (Å²) in [4.78, 5) is 17.5. The van der Waals surface area contributed by atoms with Gasteiger partial charge in [-0.15, -0.1) is 11.3 Å². The van der Waals surface area contributed by atoms with Gasteiger partial charge >= 0.3 is 0 Å². The molecule has 1 fully saturated rings. The quantitative estimate of drug-likeness (QED) is 0.903. The van der Waals surface area contributed by atoms with Crippen LogP contribution in [0.1, 0.15) is 37.1 Å². The van der Waals surface area contributed by atoms with Crippen molar-refractivity contribution in [2.24, 2.45) is 5.73 Å². The maximum Gasteiger partial charge on any atom is 0.239 e. The van der Waals surface area contributed by atoms with Crippen LogP contribution in [0.2, 0.25) is 4.34 Å². The Morgan fingerprint density at radius 2 is 2.29 bits per heavy atom. The number of amides is 1. The average Bonchev–Trinajstić information content (AvgIpc) is 3.07. The number of thiophene rings is 1. The number of hydrogen-bond donors (Lipinski definition) is 1. The minimum atomic E-state index is -0.0662. The fraction of sp³-hybridized carbons (Fsp3) is 0.667. The van der Waals surface area contributed by atoms with E-state index in [2.05, 4.69) is 11.8 Å². The van der Waals surface area contributed by atoms with E-state index in [0.29, 0.717) is 0 Å². The Hall–Kier alpha value is -0.620. The van der Waals surface area contributed by atoms with Crippen molar-refractivity contribution in [1.29, 1.82) is 0 Å². The first kappa shape index (κ1) is 16.7. The van der Waals surface area contributed by atoms with E-state index in [0.717, 1.165) is 35.0 Å². The molecule has 4 nitrogen and oxygen atoms in total. The predicted molar refractivity (Wildman–Crippen MR) is 88.8 cm³/mol. The zero-order valence-corrected chi connectivity index (χ0v) is 14.5. The normalized spacial score (nSPS) is 22.2. The summed E-state index contributed by atoms with van der Waals surface area (Å²) < 4.78 is 0.771. The standard InChI is InChI=1S/C15H24ClN3OS/c1-4-10(17)14(12-7-8-13(16)21-12)19-9-5-6-11(19)15(20)18(2)3/h7-8,10-11,14H,4-6,9,17H2,1-3H3. The van der Waals surface area contributed by atoms with Gasteiger partial charge in [0.05, 0.1) is 16.4 Å². The summed E-state index contributed by atoms with van der Waals surface area (Å²) in [5.41, 5.74) is 6.37. The van der Waals surface area contributed by atoms with E-state index in [4.69, 9.17) is 17.3 Å². The second-order valence-corrected chi connectivity index (χ2v) is 7.53. The molecule has 3 atom stereocenters. The molecule has 0 bridgehead atoms. The van der Waals surface area contributed by atoms with E-state index in [9.17, 15) is 4.79 Å². The zero-order valence-electron chi connectivity index (χ0n) is 12.9. The van der Waals surface area contributed by atoms with Crippen molar-refractivity contribution in [2.75, 3.05) is 20.6 Å². The van der Waals surface area contributed by atoms with Crippen molar-refractivity contribution in [3.8, 4) is 0 Å². The van der Waals surface area contributed by atoms with E-state index in [1.807, 2.05) is 26.2 Å². The van der Waals surface area contributed by atoms with Gasteiger partial charge in [0.25, 0.3) is 0 Å². The van der Waals surface area contributed by atoms with Crippen LogP contribution in [0.4, 0.5) is 0 Å². The van der Waals surface area contributed by atoms with Crippen molar-refractivity contribution < 1.29 is 4.79 Å². The predicted octanol–water partition coefficient (Wildman–Crippen LogP) is 2.73. The first-order valence-electron chi connectivity index (χ1n) is 7.43. The van der Waals surface area contributed by atoms with Crippen LogP contribution in [-0.4, -0.2) is 48.4 Å². The van der Waals surface area contributed by atoms with Crippen LogP contribution in [0.3, 0.4) is 0 Å². The number of likely N-dealkylation sites (N-methyl/N-ethyl adjacent to an activating group) is 1. The lowest BCUT2D eigenvalue weighted by Gasteiger charge is -2.36. The number of rotatable bonds is 5. The van der Waals surface area contributed by atoms with Gasteiger partial charge in [-0.2, -0.15) is 0 Å². The monoisotopic (exact) mass is 329 g/mol. The minimum absolute atomic E-state index is 0.00952. The van der Waals surface area contributed by atoms with Crippen LogP contribution < -0.4 is 5.73 Å². The molecule has 0 aromatic carbocycles. The van der Waals surface area contributed by atoms with Gasteiger partial charge in [-0.1, -0.05) is 18.5 Å². The van der Waals surface area contributed by atoms with Gasteiger partial charge in [-0.25, -0.2) is 0 Å². The molecule has 2 heterocycles. The number of halogens is 1. The number of carbonyl (C=O) groups excluding carboxylic acids is 1. The molecule has 1 aliphatic rings. The largest absolute Gasteiger partial charge is 0.347 e. The number of hydrogen-bond acceptors (Lipinski definition) is 4. The lowest BCUT2D eigenvalue weighted by atomic mass is 10.0. The molecule has 1 aromatic heterocycles. The van der Waals surface area contributed by atoms with Crippen LogP contribution in [0.25, 0.3) is 0 Å². The van der Waals surface area contributed by atoms with E-state index < -0.39 is 0 Å². The molecule has 118 valence electrons. The summed E-state index contributed by atoms with van der Waals surface area (Å²) in [5, 5.41) is 0. The number of likely N-dealkylation sites (tertiary alicyclic amines) is 1. The maximum absolute atomic E-state index is 12.4. The van der Waals surface area contributed by atoms with Crippen LogP contribution in [0, 0.1) is 0 Å². The third-order valence-corrected chi connectivity index (χ3v) is 5.44. The van der Waals surface area contributed by atoms with Crippen molar-refractivity contribution in [3.63, 3.8) is 0 Å². The molecule has 3 unspecified atom stereocenters. The van der Waals surface area contributed by atoms with Gasteiger partial charge < -0.3 is 10.6 Å². The Morgan fingerprint density at radius 1 is 1.57 bits per heavy atom. The van der Waals surface area contributed by atoms with Gasteiger partial charge in [0.15, 0.2) is 0 Å². The minimum Gasteiger partial charge on any atom is -0.347 e. The summed E-state index contributed by atoms with van der Waals surface area (Å²) in [6.07, 6.45) is 2.82. The highest BCUT2D eigenvalue weighted by Gasteiger charge is 2.39. The SMILES string of the molecule is CCC(N)C(c1ccc(Cl)s1)N1CCCC1C(=O)N(C)C. The fourth-order valence-corrected chi connectivity index (χ4v) is 4.27. The summed E-state index contributed by atoms with van der Waals surface area (Å²) in [6, 6.07) is 3.97. The average molecular weight is 330 g/mol. The summed E-state index contributed by atoms with van der Waals surface area (Å²) in [7, 11) is 3.63. The number of carbonyl (C=O) groups is 1. The molecule has 21 heavy (non-hydrogen) atoms. The lowest BCUT2D eigenvalue weighted by molar-refractivity contribution is -0.134. The van der Waals surface area contributed by atoms with Crippen LogP contribution in [-0.2, 0) is 4.79 Å². The summed E-state index contributed by atoms with van der Waals surface area (Å²) in [6.45, 7) is 3.00. The van der Waals surface area contributed by atoms with Crippen LogP contribution in [0.15, 0.2) is 12.1 Å². The van der Waals surface area contributed by atoms with Gasteiger partial charge in [0.2, 0.25) is 5.91 Å². The van der Waals surface area contributed by atoms with Gasteiger partial charge in [-0.3, -0.25) is 9.69 Å². The van der Waals surface area contributed by atoms with Crippen molar-refractivity contribution in [1.82, 2.24) is 9.80 Å². The molecule has 0 saturated carbocycles. The van der Waals surface area contributed by atoms with Crippen molar-refractivity contribution in [2.45, 2.75) is 44.3 Å². The third-order valence-electron chi connectivity index (χ3n) is 4.14. The molecule has 2 N–H and O–H groups in total. The number of nitrogens with zero attached hydrogens (tertiary/aromatic N) is 2. The smallest absolute Gasteiger partial charge is 0.239 e. The molecule has 1 aliphatic heterocycles. The van der Waals surface area contributed by atoms with Gasteiger partial charge in [0.1, 0.15) is 0 Å². The highest BCUT2D eigenvalue weighted by Crippen LogP contribution is 2.37. The summed E-state index contributed by atoms with van der Waals surface area (Å²) >= 11 is 7.66. The second kappa shape index (κ2) is 7.09. The first-order valence-corrected chi connectivity index (χ1v) is 8.62. The first-order chi connectivity index (χ1) is 9.95. The molecule has 1 saturated heterocycles. The summed E-state index contributed by atoms with van der Waals surface area (Å²) in [5.74, 6) is 0.170. The van der Waals surface area contributed by atoms with Crippen molar-refractivity contribution >= 4 is 28.8 Å². The van der Waals surface area contributed by atoms with Crippen LogP contribution in [0.5, 0.6) is 0 Å². The van der Waals surface area contributed by atoms with E-state index >= 15 is 0 Å². The Bertz CT molecular complexity index is 491. The molecular formula is C15H24ClN3OS. The molecular weight excluding hydrogens is 306 g/mol. The molecule has 0 aliphatic carbocycles. The Labute approximate surface area is 135 Å². The topological polar surface area (TPSA) is 49.6 Å². The van der Waals surface area contributed by atoms with E-state index in [1.165, 1.54) is 0 Å². The highest BCUT2D eigenvalue weighted by atomic mass is 35.5. The zero-order chi connectivity index (χ0) is 15.6.